The minimum Gasteiger partial charge on any atom is -0.494 e. The van der Waals surface area contributed by atoms with Crippen LogP contribution in [0.4, 0.5) is 13.2 Å². The van der Waals surface area contributed by atoms with E-state index >= 15 is 0 Å². The minimum absolute atomic E-state index is 0.252. The topological polar surface area (TPSA) is 22.1 Å². The van der Waals surface area contributed by atoms with E-state index in [4.69, 9.17) is 0 Å². The Balaban J connectivity index is 3.24. The number of hydrogen-bond acceptors (Lipinski definition) is 2. The van der Waals surface area contributed by atoms with Gasteiger partial charge in [-0.1, -0.05) is 0 Å². The molecule has 1 aromatic heterocycles. The van der Waals surface area contributed by atoms with E-state index in [1.807, 2.05) is 0 Å². The molecule has 0 aliphatic carbocycles. The smallest absolute Gasteiger partial charge is 0.437 e. The number of alkyl halides is 3. The van der Waals surface area contributed by atoms with Crippen molar-refractivity contribution in [1.29, 1.82) is 0 Å². The normalized spacial score (nSPS) is 11.5. The number of nitrogens with zero attached hydrogens (tertiary/aromatic N) is 1. The van der Waals surface area contributed by atoms with Crippen LogP contribution in [0.3, 0.4) is 0 Å². The van der Waals surface area contributed by atoms with E-state index in [9.17, 15) is 13.2 Å². The van der Waals surface area contributed by atoms with Gasteiger partial charge in [0.15, 0.2) is 5.69 Å². The Kier molecular flexibility index (Phi) is 2.45. The van der Waals surface area contributed by atoms with Crippen LogP contribution in [0.1, 0.15) is 11.4 Å². The van der Waals surface area contributed by atoms with Crippen molar-refractivity contribution >= 4 is 0 Å². The van der Waals surface area contributed by atoms with Crippen LogP contribution >= 0.6 is 0 Å². The van der Waals surface area contributed by atoms with Crippen molar-refractivity contribution in [2.45, 2.75) is 13.1 Å². The van der Waals surface area contributed by atoms with Crippen LogP contribution in [0.2, 0.25) is 0 Å². The lowest BCUT2D eigenvalue weighted by atomic mass is 10.3. The standard InChI is InChI=1S/C8H8F3NO/c1-5-3-4-6(13-2)7(12-5)8(9,10)11/h3-4H,1-2H3. The number of aromatic nitrogens is 1. The molecule has 0 saturated carbocycles. The predicted molar refractivity (Wildman–Crippen MR) is 40.5 cm³/mol. The van der Waals surface area contributed by atoms with Gasteiger partial charge in [0.2, 0.25) is 0 Å². The lowest BCUT2D eigenvalue weighted by molar-refractivity contribution is -0.142. The second kappa shape index (κ2) is 3.24. The van der Waals surface area contributed by atoms with Crippen LogP contribution < -0.4 is 4.74 Å². The molecule has 0 N–H and O–H groups in total. The maximum absolute atomic E-state index is 12.3. The van der Waals surface area contributed by atoms with Crippen LogP contribution in [0.25, 0.3) is 0 Å². The van der Waals surface area contributed by atoms with E-state index < -0.39 is 11.9 Å². The lowest BCUT2D eigenvalue weighted by Gasteiger charge is -2.10. The van der Waals surface area contributed by atoms with Gasteiger partial charge in [-0.15, -0.1) is 0 Å². The molecule has 0 spiro atoms. The molecule has 0 atom stereocenters. The highest BCUT2D eigenvalue weighted by Crippen LogP contribution is 2.34. The molecule has 0 aliphatic heterocycles. The van der Waals surface area contributed by atoms with Gasteiger partial charge in [0.25, 0.3) is 0 Å². The van der Waals surface area contributed by atoms with Crippen LogP contribution in [0, 0.1) is 6.92 Å². The van der Waals surface area contributed by atoms with Crippen molar-refractivity contribution < 1.29 is 17.9 Å². The molecule has 0 radical (unpaired) electrons. The highest BCUT2D eigenvalue weighted by Gasteiger charge is 2.36. The molecule has 0 unspecified atom stereocenters. The predicted octanol–water partition coefficient (Wildman–Crippen LogP) is 2.42. The molecule has 0 aromatic carbocycles. The van der Waals surface area contributed by atoms with E-state index in [0.717, 1.165) is 0 Å². The maximum atomic E-state index is 12.3. The summed E-state index contributed by atoms with van der Waals surface area (Å²) in [5.74, 6) is -0.252. The fourth-order valence-corrected chi connectivity index (χ4v) is 0.912. The summed E-state index contributed by atoms with van der Waals surface area (Å²) in [6.07, 6.45) is -4.46. The summed E-state index contributed by atoms with van der Waals surface area (Å²) in [6, 6.07) is 2.72. The molecule has 0 fully saturated rings. The van der Waals surface area contributed by atoms with Crippen LogP contribution in [-0.2, 0) is 6.18 Å². The molecule has 72 valence electrons. The van der Waals surface area contributed by atoms with Crippen LogP contribution in [0.15, 0.2) is 12.1 Å². The Bertz CT molecular complexity index is 309. The summed E-state index contributed by atoms with van der Waals surface area (Å²) in [5.41, 5.74) is -0.664. The van der Waals surface area contributed by atoms with Gasteiger partial charge in [0.1, 0.15) is 5.75 Å². The van der Waals surface area contributed by atoms with Crippen molar-refractivity contribution in [3.05, 3.63) is 23.5 Å². The van der Waals surface area contributed by atoms with Gasteiger partial charge in [0, 0.05) is 5.69 Å². The molecule has 1 heterocycles. The van der Waals surface area contributed by atoms with Crippen molar-refractivity contribution in [1.82, 2.24) is 4.98 Å². The first-order valence-corrected chi connectivity index (χ1v) is 3.54. The van der Waals surface area contributed by atoms with Crippen molar-refractivity contribution in [3.63, 3.8) is 0 Å². The van der Waals surface area contributed by atoms with E-state index in [0.29, 0.717) is 5.69 Å². The quantitative estimate of drug-likeness (QED) is 0.680. The summed E-state index contributed by atoms with van der Waals surface area (Å²) in [4.78, 5) is 3.37. The van der Waals surface area contributed by atoms with E-state index in [2.05, 4.69) is 9.72 Å². The molecule has 2 nitrogen and oxygen atoms in total. The Labute approximate surface area is 73.4 Å². The largest absolute Gasteiger partial charge is 0.494 e. The highest BCUT2D eigenvalue weighted by atomic mass is 19.4. The van der Waals surface area contributed by atoms with Crippen LogP contribution in [-0.4, -0.2) is 12.1 Å². The molecule has 13 heavy (non-hydrogen) atoms. The monoisotopic (exact) mass is 191 g/mol. The summed E-state index contributed by atoms with van der Waals surface area (Å²) >= 11 is 0. The molecule has 1 aromatic rings. The third kappa shape index (κ3) is 2.11. The van der Waals surface area contributed by atoms with Gasteiger partial charge < -0.3 is 4.74 Å². The number of halogens is 3. The Morgan fingerprint density at radius 1 is 1.31 bits per heavy atom. The zero-order chi connectivity index (χ0) is 10.1. The Hall–Kier alpha value is -1.26. The third-order valence-electron chi connectivity index (χ3n) is 1.49. The molecule has 5 heteroatoms. The van der Waals surface area contributed by atoms with E-state index in [1.165, 1.54) is 26.2 Å². The first-order valence-electron chi connectivity index (χ1n) is 3.54. The van der Waals surface area contributed by atoms with Gasteiger partial charge in [-0.3, -0.25) is 0 Å². The van der Waals surface area contributed by atoms with Gasteiger partial charge in [-0.05, 0) is 19.1 Å². The molecule has 0 bridgehead atoms. The molecule has 0 aliphatic rings. The fraction of sp³-hybridized carbons (Fsp3) is 0.375. The first-order chi connectivity index (χ1) is 5.95. The van der Waals surface area contributed by atoms with Crippen molar-refractivity contribution in [2.75, 3.05) is 7.11 Å². The van der Waals surface area contributed by atoms with E-state index in [1.54, 1.807) is 0 Å². The number of rotatable bonds is 1. The van der Waals surface area contributed by atoms with Crippen molar-refractivity contribution in [3.8, 4) is 5.75 Å². The number of aryl methyl sites for hydroxylation is 1. The maximum Gasteiger partial charge on any atom is 0.437 e. The van der Waals surface area contributed by atoms with E-state index in [-0.39, 0.29) is 5.75 Å². The SMILES string of the molecule is COc1ccc(C)nc1C(F)(F)F. The molecular weight excluding hydrogens is 183 g/mol. The fourth-order valence-electron chi connectivity index (χ4n) is 0.912. The second-order valence-corrected chi connectivity index (χ2v) is 2.50. The van der Waals surface area contributed by atoms with Crippen LogP contribution in [0.5, 0.6) is 5.75 Å². The molecule has 0 saturated heterocycles. The summed E-state index contributed by atoms with van der Waals surface area (Å²) < 4.78 is 41.4. The highest BCUT2D eigenvalue weighted by molar-refractivity contribution is 5.31. The summed E-state index contributed by atoms with van der Waals surface area (Å²) in [5, 5.41) is 0. The minimum atomic E-state index is -4.46. The Morgan fingerprint density at radius 2 is 1.92 bits per heavy atom. The van der Waals surface area contributed by atoms with Gasteiger partial charge >= 0.3 is 6.18 Å². The zero-order valence-electron chi connectivity index (χ0n) is 7.14. The second-order valence-electron chi connectivity index (χ2n) is 2.50. The zero-order valence-corrected chi connectivity index (χ0v) is 7.14. The summed E-state index contributed by atoms with van der Waals surface area (Å²) in [6.45, 7) is 1.49. The lowest BCUT2D eigenvalue weighted by Crippen LogP contribution is -2.10. The number of pyridine rings is 1. The Morgan fingerprint density at radius 3 is 2.38 bits per heavy atom. The third-order valence-corrected chi connectivity index (χ3v) is 1.49. The molecule has 0 amide bonds. The van der Waals surface area contributed by atoms with Gasteiger partial charge in [0.05, 0.1) is 7.11 Å². The molecular formula is C8H8F3NO. The average Bonchev–Trinajstić information content (AvgIpc) is 2.03. The van der Waals surface area contributed by atoms with Gasteiger partial charge in [-0.25, -0.2) is 4.98 Å². The first kappa shape index (κ1) is 9.83. The number of ether oxygens (including phenoxy) is 1. The number of hydrogen-bond donors (Lipinski definition) is 0. The average molecular weight is 191 g/mol. The summed E-state index contributed by atoms with van der Waals surface area (Å²) in [7, 11) is 1.18. The number of methoxy groups -OCH3 is 1. The van der Waals surface area contributed by atoms with Gasteiger partial charge in [-0.2, -0.15) is 13.2 Å². The molecule has 1 rings (SSSR count). The van der Waals surface area contributed by atoms with Crippen molar-refractivity contribution in [2.24, 2.45) is 0 Å².